The van der Waals surface area contributed by atoms with Crippen LogP contribution in [0.1, 0.15) is 31.0 Å². The lowest BCUT2D eigenvalue weighted by Gasteiger charge is -2.33. The summed E-state index contributed by atoms with van der Waals surface area (Å²) in [6, 6.07) is 7.41. The number of ether oxygens (including phenoxy) is 3. The first-order valence-electron chi connectivity index (χ1n) is 10.8. The van der Waals surface area contributed by atoms with E-state index in [4.69, 9.17) is 24.2 Å². The van der Waals surface area contributed by atoms with Gasteiger partial charge in [0.2, 0.25) is 17.7 Å². The van der Waals surface area contributed by atoms with Crippen molar-refractivity contribution in [1.29, 1.82) is 0 Å². The molecular formula is C23H30N4O4. The van der Waals surface area contributed by atoms with Crippen LogP contribution < -0.4 is 14.4 Å². The van der Waals surface area contributed by atoms with E-state index in [0.29, 0.717) is 37.1 Å². The summed E-state index contributed by atoms with van der Waals surface area (Å²) >= 11 is 0. The van der Waals surface area contributed by atoms with Crippen molar-refractivity contribution < 1.29 is 19.0 Å². The third-order valence-corrected chi connectivity index (χ3v) is 5.97. The Labute approximate surface area is 183 Å². The van der Waals surface area contributed by atoms with Crippen LogP contribution in [0.5, 0.6) is 17.4 Å². The summed E-state index contributed by atoms with van der Waals surface area (Å²) in [5.41, 5.74) is 1.81. The molecule has 1 amide bonds. The standard InChI is InChI=1S/C23H30N4O4/c1-16-8-11-26(12-9-16)23-24-20-10-13-27(21(28)15-29-2)14-19(20)22(25-23)31-18-6-4-17(30-3)5-7-18/h4-7,16H,8-15H2,1-3H3. The van der Waals surface area contributed by atoms with Crippen LogP contribution in [0.3, 0.4) is 0 Å². The van der Waals surface area contributed by atoms with Gasteiger partial charge in [-0.2, -0.15) is 4.98 Å². The highest BCUT2D eigenvalue weighted by atomic mass is 16.5. The van der Waals surface area contributed by atoms with Crippen molar-refractivity contribution in [3.8, 4) is 17.4 Å². The molecule has 0 atom stereocenters. The van der Waals surface area contributed by atoms with Crippen molar-refractivity contribution in [3.05, 3.63) is 35.5 Å². The molecule has 0 spiro atoms. The van der Waals surface area contributed by atoms with Gasteiger partial charge in [0.1, 0.15) is 18.1 Å². The van der Waals surface area contributed by atoms with Gasteiger partial charge in [0.25, 0.3) is 0 Å². The average Bonchev–Trinajstić information content (AvgIpc) is 2.80. The van der Waals surface area contributed by atoms with E-state index < -0.39 is 0 Å². The SMILES string of the molecule is COCC(=O)N1CCc2nc(N3CCC(C)CC3)nc(Oc3ccc(OC)cc3)c2C1. The van der Waals surface area contributed by atoms with Gasteiger partial charge in [-0.05, 0) is 43.0 Å². The third-order valence-electron chi connectivity index (χ3n) is 5.97. The number of benzene rings is 1. The van der Waals surface area contributed by atoms with Crippen molar-refractivity contribution in [2.75, 3.05) is 45.4 Å². The van der Waals surface area contributed by atoms with Gasteiger partial charge in [-0.15, -0.1) is 0 Å². The number of methoxy groups -OCH3 is 2. The zero-order valence-corrected chi connectivity index (χ0v) is 18.5. The second-order valence-electron chi connectivity index (χ2n) is 8.20. The zero-order chi connectivity index (χ0) is 21.8. The highest BCUT2D eigenvalue weighted by Gasteiger charge is 2.28. The molecule has 8 nitrogen and oxygen atoms in total. The molecule has 31 heavy (non-hydrogen) atoms. The minimum Gasteiger partial charge on any atom is -0.497 e. The number of piperidine rings is 1. The van der Waals surface area contributed by atoms with Crippen LogP contribution in [0, 0.1) is 5.92 Å². The third kappa shape index (κ3) is 4.90. The topological polar surface area (TPSA) is 77.0 Å². The lowest BCUT2D eigenvalue weighted by molar-refractivity contribution is -0.136. The van der Waals surface area contributed by atoms with Gasteiger partial charge in [-0.25, -0.2) is 4.98 Å². The Kier molecular flexibility index (Phi) is 6.56. The predicted molar refractivity (Wildman–Crippen MR) is 117 cm³/mol. The summed E-state index contributed by atoms with van der Waals surface area (Å²) in [5.74, 6) is 3.34. The molecule has 4 rings (SSSR count). The Balaban J connectivity index is 1.65. The van der Waals surface area contributed by atoms with Crippen molar-refractivity contribution in [2.45, 2.75) is 32.7 Å². The van der Waals surface area contributed by atoms with Crippen molar-refractivity contribution >= 4 is 11.9 Å². The van der Waals surface area contributed by atoms with Crippen LogP contribution in [0.15, 0.2) is 24.3 Å². The fourth-order valence-corrected chi connectivity index (χ4v) is 3.99. The summed E-state index contributed by atoms with van der Waals surface area (Å²) in [5, 5.41) is 0. The van der Waals surface area contributed by atoms with E-state index in [0.717, 1.165) is 48.9 Å². The molecule has 8 heteroatoms. The van der Waals surface area contributed by atoms with E-state index in [2.05, 4.69) is 11.8 Å². The molecule has 3 heterocycles. The Morgan fingerprint density at radius 2 is 1.77 bits per heavy atom. The molecule has 0 aliphatic carbocycles. The minimum absolute atomic E-state index is 0.0438. The minimum atomic E-state index is -0.0438. The molecular weight excluding hydrogens is 396 g/mol. The van der Waals surface area contributed by atoms with E-state index in [1.54, 1.807) is 12.0 Å². The molecule has 0 radical (unpaired) electrons. The molecule has 1 saturated heterocycles. The van der Waals surface area contributed by atoms with E-state index in [9.17, 15) is 4.79 Å². The van der Waals surface area contributed by atoms with Crippen molar-refractivity contribution in [1.82, 2.24) is 14.9 Å². The number of aromatic nitrogens is 2. The van der Waals surface area contributed by atoms with E-state index in [1.807, 2.05) is 24.3 Å². The normalized spacial score (nSPS) is 16.7. The maximum absolute atomic E-state index is 12.4. The zero-order valence-electron chi connectivity index (χ0n) is 18.5. The lowest BCUT2D eigenvalue weighted by atomic mass is 9.99. The first-order chi connectivity index (χ1) is 15.1. The number of anilines is 1. The molecule has 1 aromatic heterocycles. The number of rotatable bonds is 6. The number of hydrogen-bond acceptors (Lipinski definition) is 7. The van der Waals surface area contributed by atoms with E-state index in [1.165, 1.54) is 7.11 Å². The Hall–Kier alpha value is -2.87. The van der Waals surface area contributed by atoms with Gasteiger partial charge >= 0.3 is 0 Å². The number of carbonyl (C=O) groups excluding carboxylic acids is 1. The van der Waals surface area contributed by atoms with Crippen LogP contribution in [0.4, 0.5) is 5.95 Å². The second-order valence-corrected chi connectivity index (χ2v) is 8.20. The van der Waals surface area contributed by atoms with Gasteiger partial charge in [0.15, 0.2) is 0 Å². The summed E-state index contributed by atoms with van der Waals surface area (Å²) in [4.78, 5) is 26.1. The van der Waals surface area contributed by atoms with Crippen molar-refractivity contribution in [2.24, 2.45) is 5.92 Å². The summed E-state index contributed by atoms with van der Waals surface area (Å²) in [6.45, 7) is 5.27. The fraction of sp³-hybridized carbons (Fsp3) is 0.522. The van der Waals surface area contributed by atoms with Crippen LogP contribution in [0.25, 0.3) is 0 Å². The molecule has 0 N–H and O–H groups in total. The summed E-state index contributed by atoms with van der Waals surface area (Å²) in [7, 11) is 3.16. The highest BCUT2D eigenvalue weighted by Crippen LogP contribution is 2.33. The smallest absolute Gasteiger partial charge is 0.248 e. The molecule has 0 saturated carbocycles. The Morgan fingerprint density at radius 3 is 2.45 bits per heavy atom. The molecule has 1 fully saturated rings. The quantitative estimate of drug-likeness (QED) is 0.703. The first kappa shape index (κ1) is 21.4. The largest absolute Gasteiger partial charge is 0.497 e. The number of amides is 1. The number of carbonyl (C=O) groups is 1. The summed E-state index contributed by atoms with van der Waals surface area (Å²) in [6.07, 6.45) is 2.94. The number of hydrogen-bond donors (Lipinski definition) is 0. The highest BCUT2D eigenvalue weighted by molar-refractivity contribution is 5.77. The molecule has 2 aliphatic rings. The number of fused-ring (bicyclic) bond motifs is 1. The average molecular weight is 427 g/mol. The van der Waals surface area contributed by atoms with Gasteiger partial charge in [-0.1, -0.05) is 6.92 Å². The van der Waals surface area contributed by atoms with E-state index in [-0.39, 0.29) is 12.5 Å². The number of nitrogens with zero attached hydrogens (tertiary/aromatic N) is 4. The first-order valence-corrected chi connectivity index (χ1v) is 10.8. The van der Waals surface area contributed by atoms with Crippen LogP contribution in [0.2, 0.25) is 0 Å². The van der Waals surface area contributed by atoms with Crippen molar-refractivity contribution in [3.63, 3.8) is 0 Å². The molecule has 1 aromatic carbocycles. The predicted octanol–water partition coefficient (Wildman–Crippen LogP) is 3.04. The molecule has 2 aromatic rings. The molecule has 0 unspecified atom stereocenters. The second kappa shape index (κ2) is 9.51. The molecule has 2 aliphatic heterocycles. The fourth-order valence-electron chi connectivity index (χ4n) is 3.99. The van der Waals surface area contributed by atoms with Crippen LogP contribution in [-0.4, -0.2) is 61.2 Å². The monoisotopic (exact) mass is 426 g/mol. The summed E-state index contributed by atoms with van der Waals surface area (Å²) < 4.78 is 16.5. The van der Waals surface area contributed by atoms with E-state index >= 15 is 0 Å². The maximum Gasteiger partial charge on any atom is 0.248 e. The van der Waals surface area contributed by atoms with Gasteiger partial charge in [-0.3, -0.25) is 4.79 Å². The van der Waals surface area contributed by atoms with Crippen LogP contribution in [-0.2, 0) is 22.5 Å². The van der Waals surface area contributed by atoms with Gasteiger partial charge < -0.3 is 24.0 Å². The Bertz CT molecular complexity index is 911. The molecule has 166 valence electrons. The Morgan fingerprint density at radius 1 is 1.06 bits per heavy atom. The van der Waals surface area contributed by atoms with Crippen LogP contribution >= 0.6 is 0 Å². The lowest BCUT2D eigenvalue weighted by Crippen LogP contribution is -2.39. The molecule has 0 bridgehead atoms. The van der Waals surface area contributed by atoms with Gasteiger partial charge in [0.05, 0.1) is 24.9 Å². The van der Waals surface area contributed by atoms with Gasteiger partial charge in [0, 0.05) is 33.2 Å². The maximum atomic E-state index is 12.4.